The van der Waals surface area contributed by atoms with Crippen molar-refractivity contribution in [1.82, 2.24) is 5.32 Å². The maximum atomic E-state index is 3.73. The molecular formula is C18H26IN. The van der Waals surface area contributed by atoms with Gasteiger partial charge in [0.1, 0.15) is 0 Å². The topological polar surface area (TPSA) is 12.0 Å². The van der Waals surface area contributed by atoms with Crippen LogP contribution in [0.3, 0.4) is 0 Å². The summed E-state index contributed by atoms with van der Waals surface area (Å²) in [5, 5.41) is 3.73. The van der Waals surface area contributed by atoms with Crippen LogP contribution in [0, 0.1) is 20.8 Å². The molecule has 1 N–H and O–H groups in total. The molecule has 0 saturated heterocycles. The molecule has 2 aliphatic rings. The van der Waals surface area contributed by atoms with Crippen molar-refractivity contribution >= 4 is 22.6 Å². The SMILES string of the molecule is CCCNCC1(Cc2ccc(I)cc2)CC2CCC1C2. The van der Waals surface area contributed by atoms with Crippen molar-refractivity contribution in [2.24, 2.45) is 17.3 Å². The van der Waals surface area contributed by atoms with Gasteiger partial charge in [0.05, 0.1) is 0 Å². The molecule has 110 valence electrons. The molecule has 0 spiro atoms. The molecule has 3 unspecified atom stereocenters. The molecule has 3 atom stereocenters. The highest BCUT2D eigenvalue weighted by molar-refractivity contribution is 14.1. The molecular weight excluding hydrogens is 357 g/mol. The molecule has 0 aliphatic heterocycles. The summed E-state index contributed by atoms with van der Waals surface area (Å²) in [5.41, 5.74) is 2.08. The Balaban J connectivity index is 1.74. The van der Waals surface area contributed by atoms with Crippen LogP contribution in [0.5, 0.6) is 0 Å². The Labute approximate surface area is 137 Å². The smallest absolute Gasteiger partial charge is 0.0130 e. The Bertz CT molecular complexity index is 441. The largest absolute Gasteiger partial charge is 0.316 e. The lowest BCUT2D eigenvalue weighted by molar-refractivity contribution is 0.156. The van der Waals surface area contributed by atoms with Gasteiger partial charge in [0.25, 0.3) is 0 Å². The van der Waals surface area contributed by atoms with Crippen molar-refractivity contribution in [2.45, 2.75) is 45.4 Å². The van der Waals surface area contributed by atoms with Gasteiger partial charge in [-0.2, -0.15) is 0 Å². The fourth-order valence-electron chi connectivity index (χ4n) is 4.58. The second-order valence-corrected chi connectivity index (χ2v) is 8.17. The standard InChI is InChI=1S/C18H26IN/c1-2-9-20-13-18(12-15-3-6-16(18)10-15)11-14-4-7-17(19)8-5-14/h4-5,7-8,15-16,20H,2-3,6,9-13H2,1H3. The van der Waals surface area contributed by atoms with Crippen LogP contribution in [0.15, 0.2) is 24.3 Å². The van der Waals surface area contributed by atoms with E-state index >= 15 is 0 Å². The van der Waals surface area contributed by atoms with Gasteiger partial charge in [-0.25, -0.2) is 0 Å². The van der Waals surface area contributed by atoms with E-state index in [2.05, 4.69) is 59.1 Å². The van der Waals surface area contributed by atoms with Crippen LogP contribution in [-0.4, -0.2) is 13.1 Å². The molecule has 3 rings (SSSR count). The number of fused-ring (bicyclic) bond motifs is 2. The van der Waals surface area contributed by atoms with E-state index in [1.807, 2.05) is 0 Å². The minimum atomic E-state index is 0.547. The van der Waals surface area contributed by atoms with Gasteiger partial charge in [0.15, 0.2) is 0 Å². The van der Waals surface area contributed by atoms with Crippen molar-refractivity contribution in [3.63, 3.8) is 0 Å². The number of hydrogen-bond acceptors (Lipinski definition) is 1. The first-order valence-corrected chi connectivity index (χ1v) is 9.25. The number of benzene rings is 1. The minimum absolute atomic E-state index is 0.547. The third-order valence-corrected chi connectivity index (χ3v) is 6.19. The summed E-state index contributed by atoms with van der Waals surface area (Å²) in [6.45, 7) is 4.67. The van der Waals surface area contributed by atoms with Gasteiger partial charge in [-0.3, -0.25) is 0 Å². The first-order chi connectivity index (χ1) is 9.72. The van der Waals surface area contributed by atoms with Gasteiger partial charge in [-0.15, -0.1) is 0 Å². The Morgan fingerprint density at radius 3 is 2.65 bits per heavy atom. The Hall–Kier alpha value is -0.0900. The molecule has 2 bridgehead atoms. The maximum Gasteiger partial charge on any atom is 0.0130 e. The lowest BCUT2D eigenvalue weighted by Crippen LogP contribution is -2.40. The fraction of sp³-hybridized carbons (Fsp3) is 0.667. The molecule has 0 amide bonds. The summed E-state index contributed by atoms with van der Waals surface area (Å²) in [4.78, 5) is 0. The molecule has 2 heteroatoms. The Morgan fingerprint density at radius 2 is 2.05 bits per heavy atom. The van der Waals surface area contributed by atoms with E-state index in [0.717, 1.165) is 11.8 Å². The lowest BCUT2D eigenvalue weighted by Gasteiger charge is -2.38. The van der Waals surface area contributed by atoms with Gasteiger partial charge in [-0.05, 0) is 96.2 Å². The van der Waals surface area contributed by atoms with E-state index in [4.69, 9.17) is 0 Å². The van der Waals surface area contributed by atoms with Gasteiger partial charge >= 0.3 is 0 Å². The normalized spacial score (nSPS) is 31.9. The van der Waals surface area contributed by atoms with Crippen molar-refractivity contribution in [3.05, 3.63) is 33.4 Å². The van der Waals surface area contributed by atoms with E-state index in [9.17, 15) is 0 Å². The first kappa shape index (κ1) is 14.8. The van der Waals surface area contributed by atoms with Gasteiger partial charge < -0.3 is 5.32 Å². The second-order valence-electron chi connectivity index (χ2n) is 6.92. The van der Waals surface area contributed by atoms with E-state index in [0.29, 0.717) is 5.41 Å². The van der Waals surface area contributed by atoms with E-state index < -0.39 is 0 Å². The monoisotopic (exact) mass is 383 g/mol. The Kier molecular flexibility index (Phi) is 4.71. The van der Waals surface area contributed by atoms with E-state index in [-0.39, 0.29) is 0 Å². The maximum absolute atomic E-state index is 3.73. The summed E-state index contributed by atoms with van der Waals surface area (Å²) in [6.07, 6.45) is 8.45. The third kappa shape index (κ3) is 3.06. The number of hydrogen-bond donors (Lipinski definition) is 1. The lowest BCUT2D eigenvalue weighted by atomic mass is 9.69. The highest BCUT2D eigenvalue weighted by Gasteiger charge is 2.50. The Morgan fingerprint density at radius 1 is 1.25 bits per heavy atom. The second kappa shape index (κ2) is 6.35. The quantitative estimate of drug-likeness (QED) is 0.558. The van der Waals surface area contributed by atoms with Crippen LogP contribution in [0.4, 0.5) is 0 Å². The number of rotatable bonds is 6. The molecule has 1 aromatic rings. The van der Waals surface area contributed by atoms with Crippen LogP contribution < -0.4 is 5.32 Å². The van der Waals surface area contributed by atoms with Gasteiger partial charge in [0, 0.05) is 10.1 Å². The van der Waals surface area contributed by atoms with Crippen molar-refractivity contribution in [2.75, 3.05) is 13.1 Å². The summed E-state index contributed by atoms with van der Waals surface area (Å²) >= 11 is 2.40. The third-order valence-electron chi connectivity index (χ3n) is 5.48. The molecule has 20 heavy (non-hydrogen) atoms. The fourth-order valence-corrected chi connectivity index (χ4v) is 4.94. The molecule has 0 aromatic heterocycles. The van der Waals surface area contributed by atoms with Crippen LogP contribution >= 0.6 is 22.6 Å². The number of nitrogens with one attached hydrogen (secondary N) is 1. The molecule has 0 radical (unpaired) electrons. The zero-order chi connectivity index (χ0) is 14.0. The predicted octanol–water partition coefficient (Wildman–Crippen LogP) is 4.64. The van der Waals surface area contributed by atoms with Gasteiger partial charge in [-0.1, -0.05) is 25.5 Å². The summed E-state index contributed by atoms with van der Waals surface area (Å²) < 4.78 is 1.34. The first-order valence-electron chi connectivity index (χ1n) is 8.17. The molecule has 1 nitrogen and oxygen atoms in total. The van der Waals surface area contributed by atoms with Crippen LogP contribution in [0.1, 0.15) is 44.6 Å². The van der Waals surface area contributed by atoms with E-state index in [1.165, 1.54) is 60.7 Å². The van der Waals surface area contributed by atoms with E-state index in [1.54, 1.807) is 0 Å². The summed E-state index contributed by atoms with van der Waals surface area (Å²) in [6, 6.07) is 9.21. The summed E-state index contributed by atoms with van der Waals surface area (Å²) in [5.74, 6) is 1.99. The van der Waals surface area contributed by atoms with Gasteiger partial charge in [0.2, 0.25) is 0 Å². The van der Waals surface area contributed by atoms with Crippen molar-refractivity contribution in [1.29, 1.82) is 0 Å². The molecule has 2 aliphatic carbocycles. The molecule has 0 heterocycles. The van der Waals surface area contributed by atoms with Crippen molar-refractivity contribution < 1.29 is 0 Å². The highest BCUT2D eigenvalue weighted by atomic mass is 127. The highest BCUT2D eigenvalue weighted by Crippen LogP contribution is 2.57. The molecule has 2 saturated carbocycles. The van der Waals surface area contributed by atoms with Crippen LogP contribution in [0.2, 0.25) is 0 Å². The summed E-state index contributed by atoms with van der Waals surface area (Å²) in [7, 11) is 0. The zero-order valence-electron chi connectivity index (χ0n) is 12.5. The molecule has 2 fully saturated rings. The predicted molar refractivity (Wildman–Crippen MR) is 93.9 cm³/mol. The average molecular weight is 383 g/mol. The zero-order valence-corrected chi connectivity index (χ0v) is 14.7. The minimum Gasteiger partial charge on any atom is -0.316 e. The number of halogens is 1. The van der Waals surface area contributed by atoms with Crippen LogP contribution in [0.25, 0.3) is 0 Å². The molecule has 1 aromatic carbocycles. The van der Waals surface area contributed by atoms with Crippen molar-refractivity contribution in [3.8, 4) is 0 Å². The average Bonchev–Trinajstić information content (AvgIpc) is 3.03. The van der Waals surface area contributed by atoms with Crippen LogP contribution in [-0.2, 0) is 6.42 Å².